The largest absolute Gasteiger partial charge is 0.416 e. The molecule has 0 saturated heterocycles. The fourth-order valence-corrected chi connectivity index (χ4v) is 2.45. The van der Waals surface area contributed by atoms with E-state index in [0.29, 0.717) is 0 Å². The second kappa shape index (κ2) is 5.99. The van der Waals surface area contributed by atoms with Crippen LogP contribution in [0.2, 0.25) is 0 Å². The molecule has 2 heterocycles. The van der Waals surface area contributed by atoms with Gasteiger partial charge in [-0.25, -0.2) is 4.98 Å². The summed E-state index contributed by atoms with van der Waals surface area (Å²) in [6.45, 7) is 2.07. The van der Waals surface area contributed by atoms with Gasteiger partial charge in [-0.2, -0.15) is 13.2 Å². The summed E-state index contributed by atoms with van der Waals surface area (Å²) in [7, 11) is 0. The van der Waals surface area contributed by atoms with Crippen molar-refractivity contribution >= 4 is 11.6 Å². The molecule has 7 heteroatoms. The lowest BCUT2D eigenvalue weighted by Crippen LogP contribution is -2.24. The lowest BCUT2D eigenvalue weighted by Gasteiger charge is -2.09. The van der Waals surface area contributed by atoms with Crippen molar-refractivity contribution in [2.24, 2.45) is 0 Å². The highest BCUT2D eigenvalue weighted by Crippen LogP contribution is 2.29. The van der Waals surface area contributed by atoms with Gasteiger partial charge in [0.15, 0.2) is 0 Å². The zero-order valence-corrected chi connectivity index (χ0v) is 12.8. The lowest BCUT2D eigenvalue weighted by molar-refractivity contribution is -0.137. The smallest absolute Gasteiger partial charge is 0.346 e. The zero-order valence-electron chi connectivity index (χ0n) is 12.8. The van der Waals surface area contributed by atoms with E-state index in [0.717, 1.165) is 29.2 Å². The van der Waals surface area contributed by atoms with Crippen LogP contribution in [0.5, 0.6) is 0 Å². The number of fused-ring (bicyclic) bond motifs is 1. The van der Waals surface area contributed by atoms with Crippen LogP contribution in [0.25, 0.3) is 5.65 Å². The lowest BCUT2D eigenvalue weighted by atomic mass is 10.1. The van der Waals surface area contributed by atoms with Crippen molar-refractivity contribution in [3.05, 3.63) is 71.2 Å². The Balaban J connectivity index is 1.74. The van der Waals surface area contributed by atoms with Crippen molar-refractivity contribution in [1.29, 1.82) is 0 Å². The SMILES string of the molecule is Cc1nc2ccccn2c1CNC(=O)c1ccc(C(F)(F)F)cc1. The van der Waals surface area contributed by atoms with E-state index in [-0.39, 0.29) is 12.1 Å². The Morgan fingerprint density at radius 2 is 1.88 bits per heavy atom. The Morgan fingerprint density at radius 3 is 2.54 bits per heavy atom. The highest BCUT2D eigenvalue weighted by Gasteiger charge is 2.30. The summed E-state index contributed by atoms with van der Waals surface area (Å²) in [5.41, 5.74) is 1.78. The fraction of sp³-hybridized carbons (Fsp3) is 0.176. The molecule has 124 valence electrons. The molecule has 3 aromatic rings. The quantitative estimate of drug-likeness (QED) is 0.796. The monoisotopic (exact) mass is 333 g/mol. The summed E-state index contributed by atoms with van der Waals surface area (Å²) in [5, 5.41) is 2.71. The summed E-state index contributed by atoms with van der Waals surface area (Å²) in [4.78, 5) is 16.5. The third-order valence-corrected chi connectivity index (χ3v) is 3.72. The Morgan fingerprint density at radius 1 is 1.17 bits per heavy atom. The molecule has 4 nitrogen and oxygen atoms in total. The van der Waals surface area contributed by atoms with Gasteiger partial charge in [0.2, 0.25) is 0 Å². The Labute approximate surface area is 135 Å². The van der Waals surface area contributed by atoms with Crippen LogP contribution in [0.3, 0.4) is 0 Å². The number of amides is 1. The first-order valence-electron chi connectivity index (χ1n) is 7.24. The van der Waals surface area contributed by atoms with Crippen LogP contribution in [0.15, 0.2) is 48.7 Å². The van der Waals surface area contributed by atoms with Gasteiger partial charge >= 0.3 is 6.18 Å². The molecule has 0 atom stereocenters. The van der Waals surface area contributed by atoms with E-state index in [1.54, 1.807) is 0 Å². The van der Waals surface area contributed by atoms with Crippen LogP contribution >= 0.6 is 0 Å². The number of nitrogens with one attached hydrogen (secondary N) is 1. The topological polar surface area (TPSA) is 46.4 Å². The minimum atomic E-state index is -4.41. The summed E-state index contributed by atoms with van der Waals surface area (Å²) in [6, 6.07) is 9.71. The molecule has 3 rings (SSSR count). The minimum absolute atomic E-state index is 0.175. The molecular weight excluding hydrogens is 319 g/mol. The number of aromatic nitrogens is 2. The highest BCUT2D eigenvalue weighted by molar-refractivity contribution is 5.94. The molecule has 1 amide bonds. The Bertz CT molecular complexity index is 882. The minimum Gasteiger partial charge on any atom is -0.346 e. The van der Waals surface area contributed by atoms with Crippen molar-refractivity contribution < 1.29 is 18.0 Å². The molecule has 0 aliphatic rings. The van der Waals surface area contributed by atoms with E-state index in [9.17, 15) is 18.0 Å². The number of benzene rings is 1. The van der Waals surface area contributed by atoms with Crippen LogP contribution in [0.1, 0.15) is 27.3 Å². The summed E-state index contributed by atoms with van der Waals surface area (Å²) in [6.07, 6.45) is -2.57. The maximum absolute atomic E-state index is 12.5. The average molecular weight is 333 g/mol. The maximum atomic E-state index is 12.5. The molecule has 0 aliphatic heterocycles. The molecule has 0 unspecified atom stereocenters. The van der Waals surface area contributed by atoms with Crippen LogP contribution in [-0.2, 0) is 12.7 Å². The fourth-order valence-electron chi connectivity index (χ4n) is 2.45. The third-order valence-electron chi connectivity index (χ3n) is 3.72. The molecule has 0 bridgehead atoms. The second-order valence-corrected chi connectivity index (χ2v) is 5.33. The highest BCUT2D eigenvalue weighted by atomic mass is 19.4. The normalized spacial score (nSPS) is 11.7. The van der Waals surface area contributed by atoms with Gasteiger partial charge in [-0.3, -0.25) is 4.79 Å². The number of hydrogen-bond acceptors (Lipinski definition) is 2. The zero-order chi connectivity index (χ0) is 17.3. The number of nitrogens with zero attached hydrogens (tertiary/aromatic N) is 2. The first-order chi connectivity index (χ1) is 11.4. The number of hydrogen-bond donors (Lipinski definition) is 1. The number of rotatable bonds is 3. The van der Waals surface area contributed by atoms with Crippen molar-refractivity contribution in [3.63, 3.8) is 0 Å². The van der Waals surface area contributed by atoms with Gasteiger partial charge in [-0.15, -0.1) is 0 Å². The summed E-state index contributed by atoms with van der Waals surface area (Å²) in [5.74, 6) is -0.436. The molecule has 1 aromatic carbocycles. The molecule has 0 fully saturated rings. The van der Waals surface area contributed by atoms with E-state index >= 15 is 0 Å². The maximum Gasteiger partial charge on any atom is 0.416 e. The average Bonchev–Trinajstić information content (AvgIpc) is 2.87. The van der Waals surface area contributed by atoms with Gasteiger partial charge in [-0.05, 0) is 43.3 Å². The van der Waals surface area contributed by atoms with E-state index in [1.807, 2.05) is 35.7 Å². The molecule has 0 radical (unpaired) electrons. The first kappa shape index (κ1) is 16.0. The van der Waals surface area contributed by atoms with Crippen LogP contribution in [0, 0.1) is 6.92 Å². The standard InChI is InChI=1S/C17H14F3N3O/c1-11-14(23-9-3-2-4-15(23)22-11)10-21-16(24)12-5-7-13(8-6-12)17(18,19)20/h2-9H,10H2,1H3,(H,21,24). The van der Waals surface area contributed by atoms with Crippen LogP contribution in [-0.4, -0.2) is 15.3 Å². The first-order valence-corrected chi connectivity index (χ1v) is 7.24. The number of aryl methyl sites for hydroxylation is 1. The summed E-state index contributed by atoms with van der Waals surface area (Å²) < 4.78 is 39.5. The molecule has 2 aromatic heterocycles. The number of imidazole rings is 1. The summed E-state index contributed by atoms with van der Waals surface area (Å²) >= 11 is 0. The molecular formula is C17H14F3N3O. The van der Waals surface area contributed by atoms with Crippen molar-refractivity contribution in [2.45, 2.75) is 19.6 Å². The number of pyridine rings is 1. The predicted octanol–water partition coefficient (Wildman–Crippen LogP) is 3.59. The molecule has 1 N–H and O–H groups in total. The van der Waals surface area contributed by atoms with E-state index in [1.165, 1.54) is 12.1 Å². The molecule has 0 aliphatic carbocycles. The van der Waals surface area contributed by atoms with Gasteiger partial charge < -0.3 is 9.72 Å². The van der Waals surface area contributed by atoms with E-state index in [2.05, 4.69) is 10.3 Å². The molecule has 0 spiro atoms. The van der Waals surface area contributed by atoms with Crippen molar-refractivity contribution in [3.8, 4) is 0 Å². The van der Waals surface area contributed by atoms with Gasteiger partial charge in [-0.1, -0.05) is 6.07 Å². The number of carbonyl (C=O) groups is 1. The van der Waals surface area contributed by atoms with Gasteiger partial charge in [0.05, 0.1) is 23.5 Å². The number of alkyl halides is 3. The van der Waals surface area contributed by atoms with Crippen molar-refractivity contribution in [1.82, 2.24) is 14.7 Å². The number of carbonyl (C=O) groups excluding carboxylic acids is 1. The number of halogens is 3. The Hall–Kier alpha value is -2.83. The third kappa shape index (κ3) is 3.10. The van der Waals surface area contributed by atoms with E-state index < -0.39 is 17.6 Å². The van der Waals surface area contributed by atoms with Crippen LogP contribution in [0.4, 0.5) is 13.2 Å². The second-order valence-electron chi connectivity index (χ2n) is 5.33. The molecule has 0 saturated carbocycles. The van der Waals surface area contributed by atoms with Crippen molar-refractivity contribution in [2.75, 3.05) is 0 Å². The van der Waals surface area contributed by atoms with Gasteiger partial charge in [0, 0.05) is 11.8 Å². The van der Waals surface area contributed by atoms with Gasteiger partial charge in [0.25, 0.3) is 5.91 Å². The Kier molecular flexibility index (Phi) is 4.01. The predicted molar refractivity (Wildman–Crippen MR) is 82.5 cm³/mol. The molecule has 24 heavy (non-hydrogen) atoms. The van der Waals surface area contributed by atoms with E-state index in [4.69, 9.17) is 0 Å². The van der Waals surface area contributed by atoms with Crippen LogP contribution < -0.4 is 5.32 Å². The van der Waals surface area contributed by atoms with Gasteiger partial charge in [0.1, 0.15) is 5.65 Å².